The predicted octanol–water partition coefficient (Wildman–Crippen LogP) is 2.41. The van der Waals surface area contributed by atoms with E-state index < -0.39 is 0 Å². The van der Waals surface area contributed by atoms with Crippen molar-refractivity contribution in [1.29, 1.82) is 0 Å². The summed E-state index contributed by atoms with van der Waals surface area (Å²) in [5.74, 6) is 0.805. The molecule has 0 aromatic heterocycles. The second-order valence-electron chi connectivity index (χ2n) is 6.54. The molecule has 2 amide bonds. The Morgan fingerprint density at radius 3 is 2.79 bits per heavy atom. The summed E-state index contributed by atoms with van der Waals surface area (Å²) in [4.78, 5) is 16.5. The average molecular weight is 333 g/mol. The highest BCUT2D eigenvalue weighted by Crippen LogP contribution is 2.19. The summed E-state index contributed by atoms with van der Waals surface area (Å²) >= 11 is 0. The van der Waals surface area contributed by atoms with Crippen LogP contribution in [0.3, 0.4) is 0 Å². The molecule has 2 aliphatic heterocycles. The Bertz CT molecular complexity index is 529. The number of nitrogens with zero attached hydrogens (tertiary/aromatic N) is 2. The van der Waals surface area contributed by atoms with Gasteiger partial charge in [0, 0.05) is 31.9 Å². The number of hydrogen-bond acceptors (Lipinski definition) is 4. The number of rotatable bonds is 4. The van der Waals surface area contributed by atoms with Crippen LogP contribution in [0, 0.1) is 0 Å². The number of urea groups is 1. The normalized spacial score (nSPS) is 22.2. The number of anilines is 1. The maximum atomic E-state index is 12.4. The molecule has 6 nitrogen and oxygen atoms in total. The Kier molecular flexibility index (Phi) is 5.93. The lowest BCUT2D eigenvalue weighted by atomic mass is 10.2. The van der Waals surface area contributed by atoms with E-state index in [1.54, 1.807) is 0 Å². The fourth-order valence-corrected chi connectivity index (χ4v) is 3.05. The van der Waals surface area contributed by atoms with Crippen molar-refractivity contribution in [3.8, 4) is 5.75 Å². The maximum absolute atomic E-state index is 12.4. The molecule has 0 radical (unpaired) electrons. The summed E-state index contributed by atoms with van der Waals surface area (Å²) in [5, 5.41) is 2.97. The van der Waals surface area contributed by atoms with Crippen molar-refractivity contribution in [3.05, 3.63) is 24.3 Å². The van der Waals surface area contributed by atoms with Crippen LogP contribution in [-0.4, -0.2) is 68.4 Å². The van der Waals surface area contributed by atoms with Crippen LogP contribution in [0.5, 0.6) is 5.75 Å². The third-order valence-electron chi connectivity index (χ3n) is 4.57. The first kappa shape index (κ1) is 17.0. The average Bonchev–Trinajstić information content (AvgIpc) is 3.01. The smallest absolute Gasteiger partial charge is 0.321 e. The number of carbonyl (C=O) groups is 1. The van der Waals surface area contributed by atoms with Crippen LogP contribution >= 0.6 is 0 Å². The van der Waals surface area contributed by atoms with E-state index in [0.717, 1.165) is 63.5 Å². The summed E-state index contributed by atoms with van der Waals surface area (Å²) in [6, 6.07) is 7.51. The Balaban J connectivity index is 1.47. The van der Waals surface area contributed by atoms with E-state index in [1.165, 1.54) is 0 Å². The Labute approximate surface area is 143 Å². The van der Waals surface area contributed by atoms with Crippen LogP contribution in [0.2, 0.25) is 0 Å². The zero-order valence-electron chi connectivity index (χ0n) is 14.4. The van der Waals surface area contributed by atoms with Crippen LogP contribution < -0.4 is 10.1 Å². The van der Waals surface area contributed by atoms with Gasteiger partial charge >= 0.3 is 6.03 Å². The molecule has 0 bridgehead atoms. The number of hydrogen-bond donors (Lipinski definition) is 1. The highest BCUT2D eigenvalue weighted by molar-refractivity contribution is 5.89. The molecule has 3 rings (SSSR count). The van der Waals surface area contributed by atoms with Crippen molar-refractivity contribution in [2.75, 3.05) is 51.8 Å². The van der Waals surface area contributed by atoms with Crippen LogP contribution in [0.15, 0.2) is 24.3 Å². The minimum Gasteiger partial charge on any atom is -0.491 e. The Morgan fingerprint density at radius 2 is 2.04 bits per heavy atom. The number of benzene rings is 1. The third kappa shape index (κ3) is 4.85. The van der Waals surface area contributed by atoms with E-state index in [4.69, 9.17) is 9.47 Å². The zero-order chi connectivity index (χ0) is 16.8. The molecule has 2 fully saturated rings. The van der Waals surface area contributed by atoms with Gasteiger partial charge in [-0.2, -0.15) is 0 Å². The minimum absolute atomic E-state index is 0.0293. The Hall–Kier alpha value is -1.79. The fourth-order valence-electron chi connectivity index (χ4n) is 3.05. The maximum Gasteiger partial charge on any atom is 0.321 e. The van der Waals surface area contributed by atoms with Gasteiger partial charge in [-0.1, -0.05) is 0 Å². The highest BCUT2D eigenvalue weighted by Gasteiger charge is 2.18. The van der Waals surface area contributed by atoms with Gasteiger partial charge in [0.15, 0.2) is 0 Å². The quantitative estimate of drug-likeness (QED) is 0.919. The Morgan fingerprint density at radius 1 is 1.21 bits per heavy atom. The number of ether oxygens (including phenoxy) is 2. The largest absolute Gasteiger partial charge is 0.491 e. The van der Waals surface area contributed by atoms with Gasteiger partial charge in [0.25, 0.3) is 0 Å². The molecule has 1 aromatic carbocycles. The SMILES string of the molecule is CN1CCCN(C(=O)Nc2ccc(OC[C@H]3CCCO3)cc2)CC1. The molecule has 6 heteroatoms. The van der Waals surface area contributed by atoms with Crippen molar-refractivity contribution in [3.63, 3.8) is 0 Å². The molecule has 0 aliphatic carbocycles. The summed E-state index contributed by atoms with van der Waals surface area (Å²) in [6.45, 7) is 4.96. The molecule has 2 saturated heterocycles. The van der Waals surface area contributed by atoms with Crippen LogP contribution in [0.1, 0.15) is 19.3 Å². The molecule has 24 heavy (non-hydrogen) atoms. The van der Waals surface area contributed by atoms with Gasteiger partial charge in [-0.25, -0.2) is 4.79 Å². The molecule has 0 unspecified atom stereocenters. The van der Waals surface area contributed by atoms with Crippen LogP contribution in [0.25, 0.3) is 0 Å². The monoisotopic (exact) mass is 333 g/mol. The van der Waals surface area contributed by atoms with E-state index in [0.29, 0.717) is 6.61 Å². The first-order valence-corrected chi connectivity index (χ1v) is 8.79. The van der Waals surface area contributed by atoms with Gasteiger partial charge in [0.1, 0.15) is 12.4 Å². The number of amides is 2. The fraction of sp³-hybridized carbons (Fsp3) is 0.611. The lowest BCUT2D eigenvalue weighted by Crippen LogP contribution is -2.37. The molecular weight excluding hydrogens is 306 g/mol. The molecule has 2 heterocycles. The standard InChI is InChI=1S/C18H27N3O3/c1-20-9-3-10-21(12-11-20)18(22)19-15-5-7-16(8-6-15)24-14-17-4-2-13-23-17/h5-8,17H,2-4,9-14H2,1H3,(H,19,22)/t17-/m1/s1. The topological polar surface area (TPSA) is 54.0 Å². The molecule has 1 N–H and O–H groups in total. The van der Waals surface area contributed by atoms with Crippen molar-refractivity contribution >= 4 is 11.7 Å². The van der Waals surface area contributed by atoms with E-state index >= 15 is 0 Å². The summed E-state index contributed by atoms with van der Waals surface area (Å²) < 4.78 is 11.3. The van der Waals surface area contributed by atoms with Crippen LogP contribution in [0.4, 0.5) is 10.5 Å². The molecule has 1 aromatic rings. The van der Waals surface area contributed by atoms with E-state index in [-0.39, 0.29) is 12.1 Å². The van der Waals surface area contributed by atoms with Gasteiger partial charge in [0.2, 0.25) is 0 Å². The predicted molar refractivity (Wildman–Crippen MR) is 93.6 cm³/mol. The summed E-state index contributed by atoms with van der Waals surface area (Å²) in [5.41, 5.74) is 0.794. The van der Waals surface area contributed by atoms with Crippen molar-refractivity contribution < 1.29 is 14.3 Å². The number of carbonyl (C=O) groups excluding carboxylic acids is 1. The van der Waals surface area contributed by atoms with Gasteiger partial charge in [-0.05, 0) is 57.1 Å². The van der Waals surface area contributed by atoms with E-state index in [9.17, 15) is 4.79 Å². The van der Waals surface area contributed by atoms with Crippen molar-refractivity contribution in [2.45, 2.75) is 25.4 Å². The second-order valence-corrected chi connectivity index (χ2v) is 6.54. The first-order chi connectivity index (χ1) is 11.7. The third-order valence-corrected chi connectivity index (χ3v) is 4.57. The highest BCUT2D eigenvalue weighted by atomic mass is 16.5. The van der Waals surface area contributed by atoms with E-state index in [1.807, 2.05) is 29.2 Å². The van der Waals surface area contributed by atoms with Gasteiger partial charge in [-0.3, -0.25) is 0 Å². The van der Waals surface area contributed by atoms with E-state index in [2.05, 4.69) is 17.3 Å². The molecule has 132 valence electrons. The molecule has 1 atom stereocenters. The number of nitrogens with one attached hydrogen (secondary N) is 1. The molecule has 0 saturated carbocycles. The lowest BCUT2D eigenvalue weighted by Gasteiger charge is -2.21. The molecule has 2 aliphatic rings. The summed E-state index contributed by atoms with van der Waals surface area (Å²) in [6.07, 6.45) is 3.41. The van der Waals surface area contributed by atoms with Gasteiger partial charge < -0.3 is 24.6 Å². The zero-order valence-corrected chi connectivity index (χ0v) is 14.4. The van der Waals surface area contributed by atoms with Crippen LogP contribution in [-0.2, 0) is 4.74 Å². The summed E-state index contributed by atoms with van der Waals surface area (Å²) in [7, 11) is 2.09. The van der Waals surface area contributed by atoms with Gasteiger partial charge in [0.05, 0.1) is 6.10 Å². The minimum atomic E-state index is -0.0293. The molecular formula is C18H27N3O3. The first-order valence-electron chi connectivity index (χ1n) is 8.79. The lowest BCUT2D eigenvalue weighted by molar-refractivity contribution is 0.0679. The molecule has 0 spiro atoms. The van der Waals surface area contributed by atoms with Gasteiger partial charge in [-0.15, -0.1) is 0 Å². The van der Waals surface area contributed by atoms with Crippen molar-refractivity contribution in [2.24, 2.45) is 0 Å². The van der Waals surface area contributed by atoms with Crippen molar-refractivity contribution in [1.82, 2.24) is 9.80 Å². The second kappa shape index (κ2) is 8.35. The number of likely N-dealkylation sites (N-methyl/N-ethyl adjacent to an activating group) is 1.